The van der Waals surface area contributed by atoms with Gasteiger partial charge in [-0.05, 0) is 61.1 Å². The molecule has 0 aromatic heterocycles. The third kappa shape index (κ3) is 4.68. The molecule has 3 aromatic carbocycles. The van der Waals surface area contributed by atoms with Crippen LogP contribution < -0.4 is 5.32 Å². The molecular formula is C26H30N2O. The summed E-state index contributed by atoms with van der Waals surface area (Å²) in [4.78, 5) is 15.2. The molecule has 1 amide bonds. The Labute approximate surface area is 173 Å². The van der Waals surface area contributed by atoms with Gasteiger partial charge in [0.25, 0.3) is 0 Å². The van der Waals surface area contributed by atoms with E-state index in [-0.39, 0.29) is 5.91 Å². The van der Waals surface area contributed by atoms with Crippen molar-refractivity contribution < 1.29 is 4.79 Å². The quantitative estimate of drug-likeness (QED) is 0.560. The highest BCUT2D eigenvalue weighted by atomic mass is 16.1. The largest absolute Gasteiger partial charge is 0.326 e. The molecule has 3 heteroatoms. The second-order valence-electron chi connectivity index (χ2n) is 8.41. The predicted molar refractivity (Wildman–Crippen MR) is 121 cm³/mol. The zero-order valence-corrected chi connectivity index (χ0v) is 17.7. The van der Waals surface area contributed by atoms with Crippen molar-refractivity contribution in [2.24, 2.45) is 0 Å². The number of carbonyl (C=O) groups excluding carboxylic acids is 1. The maximum atomic E-state index is 12.7. The van der Waals surface area contributed by atoms with Gasteiger partial charge in [0.1, 0.15) is 0 Å². The molecule has 0 radical (unpaired) electrons. The van der Waals surface area contributed by atoms with Crippen LogP contribution >= 0.6 is 0 Å². The second-order valence-corrected chi connectivity index (χ2v) is 8.41. The minimum absolute atomic E-state index is 0.101. The molecule has 0 spiro atoms. The Morgan fingerprint density at radius 3 is 2.41 bits per heavy atom. The highest BCUT2D eigenvalue weighted by Crippen LogP contribution is 2.30. The SMILES string of the molecule is Cc1cc(C)c(NC(=O)CCN(Cc2cccc3ccccc23)C2CC2)c(C)c1. The van der Waals surface area contributed by atoms with Crippen LogP contribution in [0.3, 0.4) is 0 Å². The smallest absolute Gasteiger partial charge is 0.225 e. The van der Waals surface area contributed by atoms with E-state index in [9.17, 15) is 4.79 Å². The Kier molecular flexibility index (Phi) is 5.68. The summed E-state index contributed by atoms with van der Waals surface area (Å²) in [6.45, 7) is 7.91. The summed E-state index contributed by atoms with van der Waals surface area (Å²) >= 11 is 0. The van der Waals surface area contributed by atoms with Crippen LogP contribution in [0.15, 0.2) is 54.6 Å². The topological polar surface area (TPSA) is 32.3 Å². The number of hydrogen-bond acceptors (Lipinski definition) is 2. The lowest BCUT2D eigenvalue weighted by atomic mass is 10.0. The van der Waals surface area contributed by atoms with Gasteiger partial charge in [-0.1, -0.05) is 60.2 Å². The van der Waals surface area contributed by atoms with Crippen molar-refractivity contribution in [2.45, 2.75) is 52.6 Å². The highest BCUT2D eigenvalue weighted by Gasteiger charge is 2.29. The fraction of sp³-hybridized carbons (Fsp3) is 0.346. The number of nitrogens with one attached hydrogen (secondary N) is 1. The van der Waals surface area contributed by atoms with Crippen molar-refractivity contribution in [2.75, 3.05) is 11.9 Å². The third-order valence-corrected chi connectivity index (χ3v) is 5.88. The lowest BCUT2D eigenvalue weighted by Gasteiger charge is -2.23. The van der Waals surface area contributed by atoms with Crippen LogP contribution in [0.1, 0.15) is 41.5 Å². The van der Waals surface area contributed by atoms with Gasteiger partial charge in [-0.2, -0.15) is 0 Å². The van der Waals surface area contributed by atoms with E-state index < -0.39 is 0 Å². The van der Waals surface area contributed by atoms with Crippen LogP contribution in [0.5, 0.6) is 0 Å². The molecule has 0 saturated heterocycles. The summed E-state index contributed by atoms with van der Waals surface area (Å²) in [5, 5.41) is 5.75. The van der Waals surface area contributed by atoms with Crippen molar-refractivity contribution in [3.05, 3.63) is 76.9 Å². The van der Waals surface area contributed by atoms with Crippen LogP contribution in [0.2, 0.25) is 0 Å². The Morgan fingerprint density at radius 1 is 1.00 bits per heavy atom. The Hall–Kier alpha value is -2.65. The van der Waals surface area contributed by atoms with E-state index in [0.717, 1.165) is 29.9 Å². The fourth-order valence-electron chi connectivity index (χ4n) is 4.30. The first-order valence-electron chi connectivity index (χ1n) is 10.6. The van der Waals surface area contributed by atoms with Gasteiger partial charge in [0.2, 0.25) is 5.91 Å². The molecule has 4 rings (SSSR count). The summed E-state index contributed by atoms with van der Waals surface area (Å²) in [5.74, 6) is 0.101. The van der Waals surface area contributed by atoms with Crippen molar-refractivity contribution in [1.29, 1.82) is 0 Å². The van der Waals surface area contributed by atoms with Crippen LogP contribution in [-0.2, 0) is 11.3 Å². The number of hydrogen-bond donors (Lipinski definition) is 1. The molecule has 1 aliphatic carbocycles. The summed E-state index contributed by atoms with van der Waals surface area (Å²) in [7, 11) is 0. The van der Waals surface area contributed by atoms with Crippen LogP contribution in [0.4, 0.5) is 5.69 Å². The molecule has 0 atom stereocenters. The number of nitrogens with zero attached hydrogens (tertiary/aromatic N) is 1. The first-order chi connectivity index (χ1) is 14.0. The van der Waals surface area contributed by atoms with Gasteiger partial charge in [-0.25, -0.2) is 0 Å². The summed E-state index contributed by atoms with van der Waals surface area (Å²) in [6.07, 6.45) is 3.00. The van der Waals surface area contributed by atoms with E-state index in [1.165, 1.54) is 34.7 Å². The fourth-order valence-corrected chi connectivity index (χ4v) is 4.30. The highest BCUT2D eigenvalue weighted by molar-refractivity contribution is 5.92. The maximum Gasteiger partial charge on any atom is 0.225 e. The predicted octanol–water partition coefficient (Wildman–Crippen LogP) is 5.76. The van der Waals surface area contributed by atoms with Gasteiger partial charge in [-0.15, -0.1) is 0 Å². The normalized spacial score (nSPS) is 13.8. The van der Waals surface area contributed by atoms with Gasteiger partial charge in [0.15, 0.2) is 0 Å². The average molecular weight is 387 g/mol. The standard InChI is InChI=1S/C26H30N2O/c1-18-15-19(2)26(20(3)16-18)27-25(29)13-14-28(23-11-12-23)17-22-9-6-8-21-7-4-5-10-24(21)22/h4-10,15-16,23H,11-14,17H2,1-3H3,(H,27,29). The van der Waals surface area contributed by atoms with Crippen molar-refractivity contribution in [3.63, 3.8) is 0 Å². The molecule has 150 valence electrons. The van der Waals surface area contributed by atoms with Crippen LogP contribution in [0, 0.1) is 20.8 Å². The summed E-state index contributed by atoms with van der Waals surface area (Å²) < 4.78 is 0. The monoisotopic (exact) mass is 386 g/mol. The molecule has 0 bridgehead atoms. The van der Waals surface area contributed by atoms with Gasteiger partial charge in [0, 0.05) is 31.2 Å². The van der Waals surface area contributed by atoms with Gasteiger partial charge in [0.05, 0.1) is 0 Å². The number of rotatable bonds is 7. The van der Waals surface area contributed by atoms with Crippen molar-refractivity contribution in [3.8, 4) is 0 Å². The number of anilines is 1. The summed E-state index contributed by atoms with van der Waals surface area (Å²) in [5.41, 5.74) is 5.80. The van der Waals surface area contributed by atoms with E-state index in [1.54, 1.807) is 0 Å². The number of amides is 1. The Balaban J connectivity index is 1.42. The second kappa shape index (κ2) is 8.38. The molecule has 3 aromatic rings. The van der Waals surface area contributed by atoms with Crippen molar-refractivity contribution >= 4 is 22.4 Å². The van der Waals surface area contributed by atoms with E-state index in [2.05, 4.69) is 85.6 Å². The van der Waals surface area contributed by atoms with E-state index in [0.29, 0.717) is 12.5 Å². The average Bonchev–Trinajstić information content (AvgIpc) is 3.53. The minimum atomic E-state index is 0.101. The molecule has 1 fully saturated rings. The van der Waals surface area contributed by atoms with E-state index in [1.807, 2.05) is 0 Å². The molecule has 0 unspecified atom stereocenters. The van der Waals surface area contributed by atoms with Crippen molar-refractivity contribution in [1.82, 2.24) is 4.90 Å². The first kappa shape index (κ1) is 19.7. The Morgan fingerprint density at radius 2 is 1.69 bits per heavy atom. The van der Waals surface area contributed by atoms with Crippen LogP contribution in [0.25, 0.3) is 10.8 Å². The third-order valence-electron chi connectivity index (χ3n) is 5.88. The van der Waals surface area contributed by atoms with Gasteiger partial charge < -0.3 is 5.32 Å². The molecule has 0 aliphatic heterocycles. The lowest BCUT2D eigenvalue weighted by Crippen LogP contribution is -2.29. The van der Waals surface area contributed by atoms with Gasteiger partial charge in [-0.3, -0.25) is 9.69 Å². The minimum Gasteiger partial charge on any atom is -0.326 e. The first-order valence-corrected chi connectivity index (χ1v) is 10.6. The molecular weight excluding hydrogens is 356 g/mol. The number of carbonyl (C=O) groups is 1. The summed E-state index contributed by atoms with van der Waals surface area (Å²) in [6, 6.07) is 19.9. The molecule has 0 heterocycles. The molecule has 3 nitrogen and oxygen atoms in total. The molecule has 29 heavy (non-hydrogen) atoms. The number of fused-ring (bicyclic) bond motifs is 1. The molecule has 1 saturated carbocycles. The molecule has 1 N–H and O–H groups in total. The van der Waals surface area contributed by atoms with E-state index >= 15 is 0 Å². The van der Waals surface area contributed by atoms with E-state index in [4.69, 9.17) is 0 Å². The number of aryl methyl sites for hydroxylation is 3. The zero-order chi connectivity index (χ0) is 20.4. The number of benzene rings is 3. The molecule has 1 aliphatic rings. The Bertz CT molecular complexity index is 1010. The van der Waals surface area contributed by atoms with Gasteiger partial charge >= 0.3 is 0 Å². The van der Waals surface area contributed by atoms with Crippen LogP contribution in [-0.4, -0.2) is 23.4 Å². The lowest BCUT2D eigenvalue weighted by molar-refractivity contribution is -0.116. The maximum absolute atomic E-state index is 12.7. The zero-order valence-electron chi connectivity index (χ0n) is 17.7.